The fraction of sp³-hybridized carbons (Fsp3) is 0.500. The summed E-state index contributed by atoms with van der Waals surface area (Å²) in [5, 5.41) is 0. The number of nitrogens with one attached hydrogen (secondary N) is 1. The smallest absolute Gasteiger partial charge is 0.242 e. The van der Waals surface area contributed by atoms with Crippen molar-refractivity contribution < 1.29 is 8.42 Å². The van der Waals surface area contributed by atoms with Crippen molar-refractivity contribution in [1.29, 1.82) is 0 Å². The van der Waals surface area contributed by atoms with Gasteiger partial charge in [-0.25, -0.2) is 13.1 Å². The van der Waals surface area contributed by atoms with E-state index in [0.29, 0.717) is 5.69 Å². The van der Waals surface area contributed by atoms with Crippen molar-refractivity contribution in [3.63, 3.8) is 0 Å². The SMILES string of the molecule is CN1CCC(NS(=O)(=O)c2ccc(C(N)=S)nc2)CC1. The Morgan fingerprint density at radius 1 is 1.45 bits per heavy atom. The van der Waals surface area contributed by atoms with E-state index in [2.05, 4.69) is 14.6 Å². The lowest BCUT2D eigenvalue weighted by Gasteiger charge is -2.29. The Morgan fingerprint density at radius 3 is 2.60 bits per heavy atom. The maximum absolute atomic E-state index is 12.2. The van der Waals surface area contributed by atoms with Gasteiger partial charge in [0.25, 0.3) is 0 Å². The highest BCUT2D eigenvalue weighted by molar-refractivity contribution is 7.89. The van der Waals surface area contributed by atoms with Gasteiger partial charge in [-0.3, -0.25) is 4.98 Å². The first-order chi connectivity index (χ1) is 9.38. The van der Waals surface area contributed by atoms with E-state index in [9.17, 15) is 8.42 Å². The van der Waals surface area contributed by atoms with E-state index >= 15 is 0 Å². The molecule has 0 saturated carbocycles. The molecule has 0 aliphatic carbocycles. The Balaban J connectivity index is 2.08. The topological polar surface area (TPSA) is 88.3 Å². The van der Waals surface area contributed by atoms with E-state index in [0.717, 1.165) is 25.9 Å². The number of sulfonamides is 1. The predicted octanol–water partition coefficient (Wildman–Crippen LogP) is 0.0883. The number of likely N-dealkylation sites (tertiary alicyclic amines) is 1. The lowest BCUT2D eigenvalue weighted by molar-refractivity contribution is 0.248. The molecule has 1 fully saturated rings. The zero-order chi connectivity index (χ0) is 14.8. The molecule has 0 aromatic carbocycles. The van der Waals surface area contributed by atoms with E-state index in [4.69, 9.17) is 18.0 Å². The van der Waals surface area contributed by atoms with Gasteiger partial charge >= 0.3 is 0 Å². The number of rotatable bonds is 4. The molecule has 8 heteroatoms. The summed E-state index contributed by atoms with van der Waals surface area (Å²) in [6.07, 6.45) is 2.91. The summed E-state index contributed by atoms with van der Waals surface area (Å²) in [5.41, 5.74) is 5.85. The summed E-state index contributed by atoms with van der Waals surface area (Å²) in [5.74, 6) is 0. The van der Waals surface area contributed by atoms with Crippen molar-refractivity contribution in [3.05, 3.63) is 24.0 Å². The van der Waals surface area contributed by atoms with Crippen LogP contribution in [0.2, 0.25) is 0 Å². The maximum atomic E-state index is 12.2. The van der Waals surface area contributed by atoms with Crippen LogP contribution in [0.25, 0.3) is 0 Å². The lowest BCUT2D eigenvalue weighted by Crippen LogP contribution is -2.43. The molecule has 0 unspecified atom stereocenters. The van der Waals surface area contributed by atoms with Gasteiger partial charge in [0, 0.05) is 12.2 Å². The van der Waals surface area contributed by atoms with E-state index in [1.807, 2.05) is 7.05 Å². The molecule has 0 amide bonds. The van der Waals surface area contributed by atoms with Crippen LogP contribution < -0.4 is 10.5 Å². The van der Waals surface area contributed by atoms with E-state index in [1.165, 1.54) is 18.3 Å². The van der Waals surface area contributed by atoms with E-state index < -0.39 is 10.0 Å². The van der Waals surface area contributed by atoms with Crippen molar-refractivity contribution in [2.24, 2.45) is 5.73 Å². The molecule has 1 aliphatic heterocycles. The molecule has 1 aromatic heterocycles. The Hall–Kier alpha value is -1.09. The van der Waals surface area contributed by atoms with Gasteiger partial charge in [0.1, 0.15) is 9.88 Å². The van der Waals surface area contributed by atoms with Gasteiger partial charge in [0.05, 0.1) is 5.69 Å². The van der Waals surface area contributed by atoms with Crippen LogP contribution in [0.4, 0.5) is 0 Å². The number of nitrogens with two attached hydrogens (primary N) is 1. The summed E-state index contributed by atoms with van der Waals surface area (Å²) in [6, 6.07) is 2.97. The normalized spacial score (nSPS) is 18.1. The lowest BCUT2D eigenvalue weighted by atomic mass is 10.1. The molecule has 110 valence electrons. The minimum atomic E-state index is -3.53. The summed E-state index contributed by atoms with van der Waals surface area (Å²) in [6.45, 7) is 1.79. The van der Waals surface area contributed by atoms with Crippen molar-refractivity contribution in [1.82, 2.24) is 14.6 Å². The summed E-state index contributed by atoms with van der Waals surface area (Å²) in [4.78, 5) is 6.43. The highest BCUT2D eigenvalue weighted by Crippen LogP contribution is 2.14. The molecule has 3 N–H and O–H groups in total. The highest BCUT2D eigenvalue weighted by Gasteiger charge is 2.23. The predicted molar refractivity (Wildman–Crippen MR) is 81.0 cm³/mol. The van der Waals surface area contributed by atoms with E-state index in [1.54, 1.807) is 0 Å². The largest absolute Gasteiger partial charge is 0.388 e. The van der Waals surface area contributed by atoms with Crippen LogP contribution in [0, 0.1) is 0 Å². The zero-order valence-electron chi connectivity index (χ0n) is 11.2. The average Bonchev–Trinajstić information content (AvgIpc) is 2.41. The second-order valence-corrected chi connectivity index (χ2v) is 7.10. The first-order valence-corrected chi connectivity index (χ1v) is 8.24. The van der Waals surface area contributed by atoms with Crippen LogP contribution in [0.15, 0.2) is 23.2 Å². The van der Waals surface area contributed by atoms with Gasteiger partial charge in [-0.1, -0.05) is 12.2 Å². The summed E-state index contributed by atoms with van der Waals surface area (Å²) in [7, 11) is -1.50. The van der Waals surface area contributed by atoms with Crippen LogP contribution in [-0.2, 0) is 10.0 Å². The molecule has 0 atom stereocenters. The fourth-order valence-corrected chi connectivity index (χ4v) is 3.47. The Kier molecular flexibility index (Phi) is 4.69. The molecule has 0 bridgehead atoms. The standard InChI is InChI=1S/C12H18N4O2S2/c1-16-6-4-9(5-7-16)15-20(17,18)10-2-3-11(12(13)19)14-8-10/h2-3,8-9,15H,4-7H2,1H3,(H2,13,19). The first-order valence-electron chi connectivity index (χ1n) is 6.35. The number of aromatic nitrogens is 1. The maximum Gasteiger partial charge on any atom is 0.242 e. The molecule has 1 aromatic rings. The molecule has 20 heavy (non-hydrogen) atoms. The second-order valence-electron chi connectivity index (χ2n) is 4.94. The molecule has 1 aliphatic rings. The van der Waals surface area contributed by atoms with Gasteiger partial charge in [0.2, 0.25) is 10.0 Å². The van der Waals surface area contributed by atoms with Crippen LogP contribution >= 0.6 is 12.2 Å². The fourth-order valence-electron chi connectivity index (χ4n) is 2.10. The van der Waals surface area contributed by atoms with Crippen molar-refractivity contribution in [2.75, 3.05) is 20.1 Å². The van der Waals surface area contributed by atoms with Crippen molar-refractivity contribution >= 4 is 27.2 Å². The number of thiocarbonyl (C=S) groups is 1. The number of hydrogen-bond donors (Lipinski definition) is 2. The third kappa shape index (κ3) is 3.72. The molecular formula is C12H18N4O2S2. The number of piperidine rings is 1. The Labute approximate surface area is 124 Å². The van der Waals surface area contributed by atoms with Gasteiger partial charge in [-0.15, -0.1) is 0 Å². The van der Waals surface area contributed by atoms with Gasteiger partial charge < -0.3 is 10.6 Å². The highest BCUT2D eigenvalue weighted by atomic mass is 32.2. The molecule has 0 radical (unpaired) electrons. The van der Waals surface area contributed by atoms with Crippen molar-refractivity contribution in [2.45, 2.75) is 23.8 Å². The molecular weight excluding hydrogens is 296 g/mol. The minimum absolute atomic E-state index is 0.0218. The van der Waals surface area contributed by atoms with Crippen molar-refractivity contribution in [3.8, 4) is 0 Å². The third-order valence-corrected chi connectivity index (χ3v) is 5.05. The van der Waals surface area contributed by atoms with Crippen LogP contribution in [-0.4, -0.2) is 49.5 Å². The molecule has 0 spiro atoms. The number of pyridine rings is 1. The Morgan fingerprint density at radius 2 is 2.10 bits per heavy atom. The van der Waals surface area contributed by atoms with E-state index in [-0.39, 0.29) is 15.9 Å². The second kappa shape index (κ2) is 6.13. The number of hydrogen-bond acceptors (Lipinski definition) is 5. The first kappa shape index (κ1) is 15.3. The van der Waals surface area contributed by atoms with Crippen LogP contribution in [0.5, 0.6) is 0 Å². The van der Waals surface area contributed by atoms with Crippen LogP contribution in [0.3, 0.4) is 0 Å². The molecule has 2 heterocycles. The zero-order valence-corrected chi connectivity index (χ0v) is 12.9. The minimum Gasteiger partial charge on any atom is -0.388 e. The molecule has 2 rings (SSSR count). The Bertz CT molecular complexity index is 578. The van der Waals surface area contributed by atoms with Crippen LogP contribution in [0.1, 0.15) is 18.5 Å². The average molecular weight is 314 g/mol. The van der Waals surface area contributed by atoms with Gasteiger partial charge in [-0.05, 0) is 45.1 Å². The quantitative estimate of drug-likeness (QED) is 0.766. The van der Waals surface area contributed by atoms with Gasteiger partial charge in [0.15, 0.2) is 0 Å². The number of nitrogens with zero attached hydrogens (tertiary/aromatic N) is 2. The van der Waals surface area contributed by atoms with Gasteiger partial charge in [-0.2, -0.15) is 0 Å². The molecule has 1 saturated heterocycles. The monoisotopic (exact) mass is 314 g/mol. The summed E-state index contributed by atoms with van der Waals surface area (Å²) >= 11 is 4.79. The third-order valence-electron chi connectivity index (χ3n) is 3.34. The summed E-state index contributed by atoms with van der Waals surface area (Å²) < 4.78 is 27.2. The molecule has 6 nitrogen and oxygen atoms in total.